The molecule has 3 heteroatoms. The maximum absolute atomic E-state index is 10.9. The maximum Gasteiger partial charge on any atom is 0.335 e. The Morgan fingerprint density at radius 3 is 2.75 bits per heavy atom. The van der Waals surface area contributed by atoms with Crippen LogP contribution in [0.5, 0.6) is 0 Å². The molecule has 86 valence electrons. The summed E-state index contributed by atoms with van der Waals surface area (Å²) in [6.45, 7) is 0. The lowest BCUT2D eigenvalue weighted by atomic mass is 9.80. The fraction of sp³-hybridized carbons (Fsp3) is 0.462. The topological polar surface area (TPSA) is 63.3 Å². The van der Waals surface area contributed by atoms with Gasteiger partial charge in [0.2, 0.25) is 0 Å². The van der Waals surface area contributed by atoms with E-state index >= 15 is 0 Å². The minimum atomic E-state index is -0.869. The van der Waals surface area contributed by atoms with Crippen molar-refractivity contribution < 1.29 is 9.90 Å². The standard InChI is InChI=1S/C13H17NO2/c14-12-7-2-1-6-11(12)9-4-3-5-10(8-9)13(15)16/h3-5,8,11-12H,1-2,6-7,14H2,(H,15,16). The number of aromatic carboxylic acids is 1. The van der Waals surface area contributed by atoms with Gasteiger partial charge in [0.15, 0.2) is 0 Å². The minimum absolute atomic E-state index is 0.179. The molecule has 2 unspecified atom stereocenters. The molecule has 0 bridgehead atoms. The van der Waals surface area contributed by atoms with Crippen LogP contribution in [-0.4, -0.2) is 17.1 Å². The third-order valence-electron chi connectivity index (χ3n) is 3.38. The Bertz CT molecular complexity index is 389. The molecule has 1 saturated carbocycles. The van der Waals surface area contributed by atoms with Crippen LogP contribution in [0, 0.1) is 0 Å². The van der Waals surface area contributed by atoms with Gasteiger partial charge in [-0.1, -0.05) is 25.0 Å². The van der Waals surface area contributed by atoms with Gasteiger partial charge in [-0.05, 0) is 36.5 Å². The second-order valence-electron chi connectivity index (χ2n) is 4.49. The predicted molar refractivity (Wildman–Crippen MR) is 62.6 cm³/mol. The second-order valence-corrected chi connectivity index (χ2v) is 4.49. The van der Waals surface area contributed by atoms with Crippen LogP contribution in [0.4, 0.5) is 0 Å². The van der Waals surface area contributed by atoms with Crippen molar-refractivity contribution in [2.45, 2.75) is 37.6 Å². The summed E-state index contributed by atoms with van der Waals surface area (Å²) in [4.78, 5) is 10.9. The molecule has 0 amide bonds. The molecule has 3 nitrogen and oxygen atoms in total. The van der Waals surface area contributed by atoms with Crippen molar-refractivity contribution in [2.24, 2.45) is 5.73 Å². The molecule has 0 aromatic heterocycles. The fourth-order valence-corrected chi connectivity index (χ4v) is 2.48. The Labute approximate surface area is 95.3 Å². The van der Waals surface area contributed by atoms with Crippen molar-refractivity contribution >= 4 is 5.97 Å². The monoisotopic (exact) mass is 219 g/mol. The lowest BCUT2D eigenvalue weighted by Gasteiger charge is -2.29. The van der Waals surface area contributed by atoms with E-state index < -0.39 is 5.97 Å². The van der Waals surface area contributed by atoms with Crippen LogP contribution >= 0.6 is 0 Å². The van der Waals surface area contributed by atoms with Crippen molar-refractivity contribution in [1.82, 2.24) is 0 Å². The van der Waals surface area contributed by atoms with E-state index in [1.165, 1.54) is 12.8 Å². The smallest absolute Gasteiger partial charge is 0.335 e. The van der Waals surface area contributed by atoms with Gasteiger partial charge in [0.1, 0.15) is 0 Å². The quantitative estimate of drug-likeness (QED) is 0.802. The Morgan fingerprint density at radius 1 is 1.31 bits per heavy atom. The third-order valence-corrected chi connectivity index (χ3v) is 3.38. The highest BCUT2D eigenvalue weighted by Crippen LogP contribution is 2.32. The molecule has 1 aliphatic carbocycles. The summed E-state index contributed by atoms with van der Waals surface area (Å²) in [5.41, 5.74) is 7.52. The molecule has 0 spiro atoms. The van der Waals surface area contributed by atoms with Crippen LogP contribution < -0.4 is 5.73 Å². The molecule has 1 aromatic rings. The summed E-state index contributed by atoms with van der Waals surface area (Å²) in [6, 6.07) is 7.36. The molecular weight excluding hydrogens is 202 g/mol. The SMILES string of the molecule is NC1CCCCC1c1cccc(C(=O)O)c1. The Morgan fingerprint density at radius 2 is 2.06 bits per heavy atom. The maximum atomic E-state index is 10.9. The zero-order chi connectivity index (χ0) is 11.5. The van der Waals surface area contributed by atoms with Gasteiger partial charge in [0, 0.05) is 6.04 Å². The van der Waals surface area contributed by atoms with Gasteiger partial charge in [0.05, 0.1) is 5.56 Å². The number of carbonyl (C=O) groups is 1. The lowest BCUT2D eigenvalue weighted by Crippen LogP contribution is -2.31. The zero-order valence-corrected chi connectivity index (χ0v) is 9.23. The second kappa shape index (κ2) is 4.66. The molecule has 1 aliphatic rings. The summed E-state index contributed by atoms with van der Waals surface area (Å²) in [5.74, 6) is -0.542. The Kier molecular flexibility index (Phi) is 3.25. The third kappa shape index (κ3) is 2.25. The summed E-state index contributed by atoms with van der Waals surface area (Å²) < 4.78 is 0. The average Bonchev–Trinajstić information content (AvgIpc) is 2.30. The van der Waals surface area contributed by atoms with Crippen molar-refractivity contribution in [3.63, 3.8) is 0 Å². The first kappa shape index (κ1) is 11.1. The number of hydrogen-bond acceptors (Lipinski definition) is 2. The van der Waals surface area contributed by atoms with Gasteiger partial charge < -0.3 is 10.8 Å². The molecule has 0 aliphatic heterocycles. The Hall–Kier alpha value is -1.35. The predicted octanol–water partition coefficient (Wildman–Crippen LogP) is 2.37. The first-order chi connectivity index (χ1) is 7.68. The van der Waals surface area contributed by atoms with Crippen molar-refractivity contribution in [1.29, 1.82) is 0 Å². The number of hydrogen-bond donors (Lipinski definition) is 2. The average molecular weight is 219 g/mol. The summed E-state index contributed by atoms with van der Waals surface area (Å²) in [7, 11) is 0. The molecule has 0 heterocycles. The van der Waals surface area contributed by atoms with Crippen molar-refractivity contribution in [3.8, 4) is 0 Å². The molecule has 0 radical (unpaired) electrons. The van der Waals surface area contributed by atoms with Crippen LogP contribution in [-0.2, 0) is 0 Å². The number of rotatable bonds is 2. The highest BCUT2D eigenvalue weighted by Gasteiger charge is 2.23. The molecule has 3 N–H and O–H groups in total. The van der Waals surface area contributed by atoms with E-state index in [1.807, 2.05) is 6.07 Å². The summed E-state index contributed by atoms with van der Waals surface area (Å²) in [6.07, 6.45) is 4.50. The summed E-state index contributed by atoms with van der Waals surface area (Å²) >= 11 is 0. The van der Waals surface area contributed by atoms with E-state index in [1.54, 1.807) is 18.2 Å². The van der Waals surface area contributed by atoms with Crippen molar-refractivity contribution in [2.75, 3.05) is 0 Å². The number of carboxylic acids is 1. The van der Waals surface area contributed by atoms with E-state index in [0.717, 1.165) is 18.4 Å². The van der Waals surface area contributed by atoms with Crippen LogP contribution in [0.15, 0.2) is 24.3 Å². The fourth-order valence-electron chi connectivity index (χ4n) is 2.48. The number of nitrogens with two attached hydrogens (primary N) is 1. The zero-order valence-electron chi connectivity index (χ0n) is 9.23. The van der Waals surface area contributed by atoms with Crippen LogP contribution in [0.1, 0.15) is 47.5 Å². The van der Waals surface area contributed by atoms with Crippen molar-refractivity contribution in [3.05, 3.63) is 35.4 Å². The van der Waals surface area contributed by atoms with E-state index in [-0.39, 0.29) is 6.04 Å². The highest BCUT2D eigenvalue weighted by molar-refractivity contribution is 5.87. The molecule has 2 rings (SSSR count). The van der Waals surface area contributed by atoms with Gasteiger partial charge in [0.25, 0.3) is 0 Å². The van der Waals surface area contributed by atoms with Crippen LogP contribution in [0.2, 0.25) is 0 Å². The van der Waals surface area contributed by atoms with Crippen LogP contribution in [0.25, 0.3) is 0 Å². The number of benzene rings is 1. The minimum Gasteiger partial charge on any atom is -0.478 e. The summed E-state index contributed by atoms with van der Waals surface area (Å²) in [5, 5.41) is 8.94. The van der Waals surface area contributed by atoms with Gasteiger partial charge in [-0.3, -0.25) is 0 Å². The molecule has 16 heavy (non-hydrogen) atoms. The van der Waals surface area contributed by atoms with Gasteiger partial charge >= 0.3 is 5.97 Å². The van der Waals surface area contributed by atoms with E-state index in [4.69, 9.17) is 10.8 Å². The van der Waals surface area contributed by atoms with E-state index in [0.29, 0.717) is 11.5 Å². The molecular formula is C13H17NO2. The molecule has 1 fully saturated rings. The van der Waals surface area contributed by atoms with E-state index in [9.17, 15) is 4.79 Å². The Balaban J connectivity index is 2.25. The van der Waals surface area contributed by atoms with Crippen LogP contribution in [0.3, 0.4) is 0 Å². The highest BCUT2D eigenvalue weighted by atomic mass is 16.4. The first-order valence-corrected chi connectivity index (χ1v) is 5.77. The molecule has 0 saturated heterocycles. The first-order valence-electron chi connectivity index (χ1n) is 5.77. The normalized spacial score (nSPS) is 25.3. The van der Waals surface area contributed by atoms with E-state index in [2.05, 4.69) is 0 Å². The van der Waals surface area contributed by atoms with Gasteiger partial charge in [-0.25, -0.2) is 4.79 Å². The van der Waals surface area contributed by atoms with Gasteiger partial charge in [-0.15, -0.1) is 0 Å². The largest absolute Gasteiger partial charge is 0.478 e. The lowest BCUT2D eigenvalue weighted by molar-refractivity contribution is 0.0696. The van der Waals surface area contributed by atoms with Gasteiger partial charge in [-0.2, -0.15) is 0 Å². The number of carboxylic acid groups (broad SMARTS) is 1. The molecule has 2 atom stereocenters. The molecule has 1 aromatic carbocycles.